The van der Waals surface area contributed by atoms with Crippen LogP contribution in [0.3, 0.4) is 0 Å². The third-order valence-electron chi connectivity index (χ3n) is 2.96. The Hall–Kier alpha value is -1.88. The van der Waals surface area contributed by atoms with E-state index in [9.17, 15) is 9.59 Å². The lowest BCUT2D eigenvalue weighted by molar-refractivity contribution is -0.119. The van der Waals surface area contributed by atoms with Crippen molar-refractivity contribution in [1.82, 2.24) is 5.48 Å². The monoisotopic (exact) mass is 248 g/mol. The molecule has 0 radical (unpaired) electrons. The Morgan fingerprint density at radius 3 is 2.61 bits per heavy atom. The zero-order valence-corrected chi connectivity index (χ0v) is 10.3. The molecule has 0 saturated carbocycles. The Balaban J connectivity index is 2.11. The molecule has 0 aromatic heterocycles. The molecule has 0 bridgehead atoms. The van der Waals surface area contributed by atoms with Gasteiger partial charge in [-0.3, -0.25) is 14.4 Å². The Labute approximate surface area is 106 Å². The molecule has 0 aliphatic carbocycles. The van der Waals surface area contributed by atoms with Gasteiger partial charge in [-0.2, -0.15) is 0 Å². The van der Waals surface area contributed by atoms with E-state index < -0.39 is 0 Å². The summed E-state index contributed by atoms with van der Waals surface area (Å²) in [6.45, 7) is 0.752. The average Bonchev–Trinajstić information content (AvgIpc) is 2.40. The number of carbonyl (C=O) groups excluding carboxylic acids is 2. The summed E-state index contributed by atoms with van der Waals surface area (Å²) < 4.78 is 0. The van der Waals surface area contributed by atoms with E-state index >= 15 is 0 Å². The van der Waals surface area contributed by atoms with E-state index in [4.69, 9.17) is 0 Å². The molecule has 1 fully saturated rings. The highest BCUT2D eigenvalue weighted by atomic mass is 16.6. The Morgan fingerprint density at radius 2 is 2.00 bits per heavy atom. The van der Waals surface area contributed by atoms with Gasteiger partial charge in [0.1, 0.15) is 0 Å². The van der Waals surface area contributed by atoms with Crippen molar-refractivity contribution in [3.63, 3.8) is 0 Å². The number of piperidine rings is 1. The molecule has 0 spiro atoms. The van der Waals surface area contributed by atoms with Crippen LogP contribution in [-0.4, -0.2) is 25.5 Å². The fourth-order valence-corrected chi connectivity index (χ4v) is 2.02. The quantitative estimate of drug-likeness (QED) is 0.824. The maximum atomic E-state index is 11.7. The van der Waals surface area contributed by atoms with Crippen LogP contribution in [0.25, 0.3) is 0 Å². The minimum Gasteiger partial charge on any atom is -0.312 e. The summed E-state index contributed by atoms with van der Waals surface area (Å²) in [5.41, 5.74) is 3.60. The summed E-state index contributed by atoms with van der Waals surface area (Å²) >= 11 is 0. The first-order chi connectivity index (χ1) is 8.72. The zero-order chi connectivity index (χ0) is 13.0. The summed E-state index contributed by atoms with van der Waals surface area (Å²) in [4.78, 5) is 29.5. The maximum absolute atomic E-state index is 11.7. The fraction of sp³-hybridized carbons (Fsp3) is 0.385. The van der Waals surface area contributed by atoms with Gasteiger partial charge in [0.05, 0.1) is 7.11 Å². The molecule has 1 aliphatic rings. The summed E-state index contributed by atoms with van der Waals surface area (Å²) in [7, 11) is 1.39. The molecular weight excluding hydrogens is 232 g/mol. The second-order valence-electron chi connectivity index (χ2n) is 4.18. The van der Waals surface area contributed by atoms with Crippen LogP contribution in [0.15, 0.2) is 24.3 Å². The number of hydrogen-bond donors (Lipinski definition) is 1. The van der Waals surface area contributed by atoms with Crippen molar-refractivity contribution in [2.24, 2.45) is 0 Å². The predicted octanol–water partition coefficient (Wildman–Crippen LogP) is 1.49. The number of hydroxylamine groups is 1. The molecule has 18 heavy (non-hydrogen) atoms. The van der Waals surface area contributed by atoms with Crippen LogP contribution in [0, 0.1) is 0 Å². The minimum atomic E-state index is -0.297. The average molecular weight is 248 g/mol. The van der Waals surface area contributed by atoms with Gasteiger partial charge in [-0.15, -0.1) is 0 Å². The van der Waals surface area contributed by atoms with Crippen molar-refractivity contribution < 1.29 is 14.4 Å². The molecule has 1 aromatic rings. The molecule has 5 nitrogen and oxygen atoms in total. The highest BCUT2D eigenvalue weighted by molar-refractivity contribution is 5.96. The fourth-order valence-electron chi connectivity index (χ4n) is 2.02. The number of nitrogens with one attached hydrogen (secondary N) is 1. The van der Waals surface area contributed by atoms with Crippen LogP contribution in [0.2, 0.25) is 0 Å². The van der Waals surface area contributed by atoms with Gasteiger partial charge in [0.15, 0.2) is 0 Å². The molecule has 0 unspecified atom stereocenters. The SMILES string of the molecule is CONC(=O)c1ccc(N2CCCCC2=O)cc1. The van der Waals surface area contributed by atoms with Crippen molar-refractivity contribution in [3.8, 4) is 0 Å². The number of amides is 2. The van der Waals surface area contributed by atoms with E-state index in [0.29, 0.717) is 12.0 Å². The standard InChI is InChI=1S/C13H16N2O3/c1-18-14-13(17)10-5-7-11(8-6-10)15-9-3-2-4-12(15)16/h5-8H,2-4,9H2,1H3,(H,14,17). The molecule has 0 atom stereocenters. The molecule has 1 aromatic carbocycles. The highest BCUT2D eigenvalue weighted by Crippen LogP contribution is 2.21. The first-order valence-electron chi connectivity index (χ1n) is 5.96. The number of benzene rings is 1. The third-order valence-corrected chi connectivity index (χ3v) is 2.96. The van der Waals surface area contributed by atoms with Gasteiger partial charge in [-0.25, -0.2) is 5.48 Å². The van der Waals surface area contributed by atoms with E-state index in [1.165, 1.54) is 7.11 Å². The topological polar surface area (TPSA) is 58.6 Å². The number of anilines is 1. The second-order valence-corrected chi connectivity index (χ2v) is 4.18. The number of rotatable bonds is 3. The van der Waals surface area contributed by atoms with Crippen LogP contribution in [0.5, 0.6) is 0 Å². The zero-order valence-electron chi connectivity index (χ0n) is 10.3. The van der Waals surface area contributed by atoms with Gasteiger partial charge in [0.2, 0.25) is 5.91 Å². The Kier molecular flexibility index (Phi) is 3.94. The molecule has 1 heterocycles. The molecule has 1 aliphatic heterocycles. The second kappa shape index (κ2) is 5.64. The van der Waals surface area contributed by atoms with Gasteiger partial charge in [0, 0.05) is 24.2 Å². The number of hydrogen-bond acceptors (Lipinski definition) is 3. The normalized spacial score (nSPS) is 15.6. The number of carbonyl (C=O) groups is 2. The summed E-state index contributed by atoms with van der Waals surface area (Å²) in [6.07, 6.45) is 2.59. The molecule has 1 N–H and O–H groups in total. The largest absolute Gasteiger partial charge is 0.312 e. The van der Waals surface area contributed by atoms with Gasteiger partial charge in [-0.1, -0.05) is 0 Å². The van der Waals surface area contributed by atoms with Gasteiger partial charge in [-0.05, 0) is 37.1 Å². The van der Waals surface area contributed by atoms with Crippen molar-refractivity contribution in [2.45, 2.75) is 19.3 Å². The van der Waals surface area contributed by atoms with E-state index in [1.54, 1.807) is 29.2 Å². The van der Waals surface area contributed by atoms with Crippen LogP contribution in [0.4, 0.5) is 5.69 Å². The van der Waals surface area contributed by atoms with Gasteiger partial charge >= 0.3 is 0 Å². The lowest BCUT2D eigenvalue weighted by Gasteiger charge is -2.26. The van der Waals surface area contributed by atoms with Crippen molar-refractivity contribution in [2.75, 3.05) is 18.6 Å². The predicted molar refractivity (Wildman–Crippen MR) is 67.1 cm³/mol. The van der Waals surface area contributed by atoms with Crippen LogP contribution in [0.1, 0.15) is 29.6 Å². The maximum Gasteiger partial charge on any atom is 0.274 e. The van der Waals surface area contributed by atoms with Crippen molar-refractivity contribution in [3.05, 3.63) is 29.8 Å². The molecule has 2 rings (SSSR count). The first kappa shape index (κ1) is 12.6. The first-order valence-corrected chi connectivity index (χ1v) is 5.96. The summed E-state index contributed by atoms with van der Waals surface area (Å²) in [6, 6.07) is 6.94. The van der Waals surface area contributed by atoms with E-state index in [2.05, 4.69) is 10.3 Å². The van der Waals surface area contributed by atoms with Crippen molar-refractivity contribution in [1.29, 1.82) is 0 Å². The summed E-state index contributed by atoms with van der Waals surface area (Å²) in [5, 5.41) is 0. The van der Waals surface area contributed by atoms with Crippen LogP contribution < -0.4 is 10.4 Å². The molecule has 2 amide bonds. The Bertz CT molecular complexity index is 442. The summed E-state index contributed by atoms with van der Waals surface area (Å²) in [5.74, 6) is -0.149. The molecule has 5 heteroatoms. The van der Waals surface area contributed by atoms with Crippen LogP contribution in [-0.2, 0) is 9.63 Å². The molecular formula is C13H16N2O3. The van der Waals surface area contributed by atoms with Crippen LogP contribution >= 0.6 is 0 Å². The van der Waals surface area contributed by atoms with E-state index in [1.807, 2.05) is 0 Å². The lowest BCUT2D eigenvalue weighted by atomic mass is 10.1. The van der Waals surface area contributed by atoms with Crippen molar-refractivity contribution >= 4 is 17.5 Å². The minimum absolute atomic E-state index is 0.148. The van der Waals surface area contributed by atoms with Gasteiger partial charge in [0.25, 0.3) is 5.91 Å². The third kappa shape index (κ3) is 2.68. The molecule has 96 valence electrons. The molecule has 1 saturated heterocycles. The Morgan fingerprint density at radius 1 is 1.28 bits per heavy atom. The van der Waals surface area contributed by atoms with Gasteiger partial charge < -0.3 is 4.90 Å². The number of nitrogens with zero attached hydrogens (tertiary/aromatic N) is 1. The lowest BCUT2D eigenvalue weighted by Crippen LogP contribution is -2.35. The van der Waals surface area contributed by atoms with E-state index in [0.717, 1.165) is 25.1 Å². The smallest absolute Gasteiger partial charge is 0.274 e. The van der Waals surface area contributed by atoms with E-state index in [-0.39, 0.29) is 11.8 Å². The highest BCUT2D eigenvalue weighted by Gasteiger charge is 2.19.